The largest absolute Gasteiger partial charge is 0.349 e. The van der Waals surface area contributed by atoms with Crippen LogP contribution in [-0.2, 0) is 14.8 Å². The fourth-order valence-corrected chi connectivity index (χ4v) is 5.20. The summed E-state index contributed by atoms with van der Waals surface area (Å²) in [5.74, 6) is 1.07. The summed E-state index contributed by atoms with van der Waals surface area (Å²) in [5.41, 5.74) is 7.20. The number of carbonyl (C=O) groups is 1. The van der Waals surface area contributed by atoms with Gasteiger partial charge >= 0.3 is 0 Å². The van der Waals surface area contributed by atoms with Crippen LogP contribution in [0.3, 0.4) is 0 Å². The molecule has 1 aromatic rings. The molecule has 1 aromatic carbocycles. The van der Waals surface area contributed by atoms with Gasteiger partial charge in [-0.05, 0) is 69.2 Å². The molecule has 6 nitrogen and oxygen atoms in total. The van der Waals surface area contributed by atoms with E-state index in [1.807, 2.05) is 6.92 Å². The van der Waals surface area contributed by atoms with E-state index in [0.29, 0.717) is 11.8 Å². The van der Waals surface area contributed by atoms with Crippen molar-refractivity contribution in [1.29, 1.82) is 0 Å². The van der Waals surface area contributed by atoms with Crippen molar-refractivity contribution in [3.63, 3.8) is 0 Å². The zero-order chi connectivity index (χ0) is 18.9. The van der Waals surface area contributed by atoms with Crippen LogP contribution in [0.4, 0.5) is 0 Å². The predicted octanol–water partition coefficient (Wildman–Crippen LogP) is 1.93. The lowest BCUT2D eigenvalue weighted by Gasteiger charge is -2.43. The van der Waals surface area contributed by atoms with Crippen LogP contribution in [0.1, 0.15) is 50.6 Å². The topological polar surface area (TPSA) is 101 Å². The first-order valence-electron chi connectivity index (χ1n) is 9.41. The number of sulfonamides is 1. The number of fused-ring (bicyclic) bond motifs is 2. The predicted molar refractivity (Wildman–Crippen MR) is 101 cm³/mol. The first-order chi connectivity index (χ1) is 12.3. The van der Waals surface area contributed by atoms with Crippen molar-refractivity contribution in [3.05, 3.63) is 29.8 Å². The van der Waals surface area contributed by atoms with Gasteiger partial charge in [-0.25, -0.2) is 13.1 Å². The lowest BCUT2D eigenvalue weighted by atomic mass is 9.65. The summed E-state index contributed by atoms with van der Waals surface area (Å²) in [4.78, 5) is 13.0. The highest BCUT2D eigenvalue weighted by Crippen LogP contribution is 2.42. The van der Waals surface area contributed by atoms with Crippen molar-refractivity contribution in [1.82, 2.24) is 10.0 Å². The maximum absolute atomic E-state index is 12.7. The molecule has 3 unspecified atom stereocenters. The van der Waals surface area contributed by atoms with Crippen LogP contribution < -0.4 is 15.8 Å². The third-order valence-electron chi connectivity index (χ3n) is 6.10. The molecule has 2 aliphatic rings. The lowest BCUT2D eigenvalue weighted by Crippen LogP contribution is -2.49. The number of hydrogen-bond donors (Lipinski definition) is 3. The molecule has 2 saturated carbocycles. The van der Waals surface area contributed by atoms with Crippen molar-refractivity contribution in [2.45, 2.75) is 56.0 Å². The molecular formula is C19H29N3O3S. The van der Waals surface area contributed by atoms with Crippen molar-refractivity contribution < 1.29 is 13.2 Å². The van der Waals surface area contributed by atoms with E-state index >= 15 is 0 Å². The number of rotatable bonds is 5. The third-order valence-corrected chi connectivity index (χ3v) is 7.53. The molecule has 144 valence electrons. The Hall–Kier alpha value is -1.44. The monoisotopic (exact) mass is 379 g/mol. The second kappa shape index (κ2) is 7.66. The van der Waals surface area contributed by atoms with Gasteiger partial charge in [0.1, 0.15) is 0 Å². The Labute approximate surface area is 156 Å². The molecule has 1 amide bonds. The van der Waals surface area contributed by atoms with Gasteiger partial charge in [0.25, 0.3) is 0 Å². The third kappa shape index (κ3) is 3.94. The highest BCUT2D eigenvalue weighted by Gasteiger charge is 2.40. The van der Waals surface area contributed by atoms with Gasteiger partial charge in [0.2, 0.25) is 15.9 Å². The van der Waals surface area contributed by atoms with E-state index in [2.05, 4.69) is 10.0 Å². The number of carbonyl (C=O) groups excluding carboxylic acids is 1. The Balaban J connectivity index is 1.62. The molecule has 26 heavy (non-hydrogen) atoms. The van der Waals surface area contributed by atoms with Gasteiger partial charge < -0.3 is 11.1 Å². The van der Waals surface area contributed by atoms with Gasteiger partial charge in [0.05, 0.1) is 10.9 Å². The Kier molecular flexibility index (Phi) is 5.69. The Morgan fingerprint density at radius 2 is 1.73 bits per heavy atom. The van der Waals surface area contributed by atoms with Gasteiger partial charge in [-0.2, -0.15) is 0 Å². The van der Waals surface area contributed by atoms with Crippen LogP contribution in [0.2, 0.25) is 0 Å². The smallest absolute Gasteiger partial charge is 0.240 e. The van der Waals surface area contributed by atoms with E-state index in [1.165, 1.54) is 13.5 Å². The summed E-state index contributed by atoms with van der Waals surface area (Å²) in [5, 5.41) is 3.10. The van der Waals surface area contributed by atoms with Crippen molar-refractivity contribution in [3.8, 4) is 0 Å². The van der Waals surface area contributed by atoms with Crippen LogP contribution in [-0.4, -0.2) is 27.4 Å². The second-order valence-corrected chi connectivity index (χ2v) is 9.59. The van der Waals surface area contributed by atoms with Crippen LogP contribution in [0.5, 0.6) is 0 Å². The van der Waals surface area contributed by atoms with Crippen molar-refractivity contribution >= 4 is 15.9 Å². The average molecular weight is 380 g/mol. The molecule has 0 saturated heterocycles. The minimum atomic E-state index is -3.44. The van der Waals surface area contributed by atoms with Crippen molar-refractivity contribution in [2.75, 3.05) is 7.05 Å². The summed E-state index contributed by atoms with van der Waals surface area (Å²) >= 11 is 0. The minimum absolute atomic E-state index is 0.0384. The maximum atomic E-state index is 12.7. The molecule has 4 N–H and O–H groups in total. The quantitative estimate of drug-likeness (QED) is 0.727. The fourth-order valence-electron chi connectivity index (χ4n) is 4.47. The van der Waals surface area contributed by atoms with Gasteiger partial charge in [0.15, 0.2) is 0 Å². The van der Waals surface area contributed by atoms with Gasteiger partial charge in [-0.15, -0.1) is 0 Å². The van der Waals surface area contributed by atoms with Crippen LogP contribution >= 0.6 is 0 Å². The zero-order valence-electron chi connectivity index (χ0n) is 15.4. The Morgan fingerprint density at radius 1 is 1.15 bits per heavy atom. The summed E-state index contributed by atoms with van der Waals surface area (Å²) in [6.45, 7) is 1.93. The molecule has 2 fully saturated rings. The Morgan fingerprint density at radius 3 is 2.27 bits per heavy atom. The molecule has 3 atom stereocenters. The number of nitrogens with two attached hydrogens (primary N) is 1. The molecule has 0 radical (unpaired) electrons. The molecule has 0 aliphatic heterocycles. The molecular weight excluding hydrogens is 350 g/mol. The number of hydrogen-bond acceptors (Lipinski definition) is 4. The summed E-state index contributed by atoms with van der Waals surface area (Å²) in [7, 11) is -2.06. The fraction of sp³-hybridized carbons (Fsp3) is 0.632. The van der Waals surface area contributed by atoms with Crippen LogP contribution in [0.25, 0.3) is 0 Å². The normalized spacial score (nSPS) is 29.8. The molecule has 2 bridgehead atoms. The average Bonchev–Trinajstić information content (AvgIpc) is 2.61. The van der Waals surface area contributed by atoms with E-state index in [9.17, 15) is 13.2 Å². The molecule has 0 spiro atoms. The van der Waals surface area contributed by atoms with Crippen molar-refractivity contribution in [2.24, 2.45) is 23.5 Å². The standard InChI is InChI=1S/C19H29N3O3S/c1-12(13-6-8-17(9-7-13)26(24,25)21-2)22-19(23)16-10-14-4-3-5-15(11-16)18(14)20/h6-9,12,14-16,18,21H,3-5,10-11,20H2,1-2H3,(H,22,23). The molecule has 0 aromatic heterocycles. The molecule has 7 heteroatoms. The van der Waals surface area contributed by atoms with Crippen LogP contribution in [0.15, 0.2) is 29.2 Å². The van der Waals surface area contributed by atoms with Crippen LogP contribution in [0, 0.1) is 17.8 Å². The van der Waals surface area contributed by atoms with E-state index in [-0.39, 0.29) is 28.8 Å². The first-order valence-corrected chi connectivity index (χ1v) is 10.9. The molecule has 3 rings (SSSR count). The Bertz CT molecular complexity index is 734. The number of nitrogens with one attached hydrogen (secondary N) is 2. The van der Waals surface area contributed by atoms with E-state index in [1.54, 1.807) is 24.3 Å². The van der Waals surface area contributed by atoms with E-state index in [0.717, 1.165) is 31.2 Å². The first kappa shape index (κ1) is 19.3. The summed E-state index contributed by atoms with van der Waals surface area (Å²) in [6.07, 6.45) is 5.28. The highest BCUT2D eigenvalue weighted by atomic mass is 32.2. The highest BCUT2D eigenvalue weighted by molar-refractivity contribution is 7.89. The van der Waals surface area contributed by atoms with Gasteiger partial charge in [-0.1, -0.05) is 18.6 Å². The number of amides is 1. The lowest BCUT2D eigenvalue weighted by molar-refractivity contribution is -0.128. The molecule has 0 heterocycles. The van der Waals surface area contributed by atoms with E-state index in [4.69, 9.17) is 5.73 Å². The zero-order valence-corrected chi connectivity index (χ0v) is 16.3. The second-order valence-electron chi connectivity index (χ2n) is 7.70. The SMILES string of the molecule is CNS(=O)(=O)c1ccc(C(C)NC(=O)C2CC3CCCC(C2)C3N)cc1. The van der Waals surface area contributed by atoms with E-state index < -0.39 is 10.0 Å². The maximum Gasteiger partial charge on any atom is 0.240 e. The molecule has 2 aliphatic carbocycles. The van der Waals surface area contributed by atoms with Gasteiger partial charge in [0, 0.05) is 12.0 Å². The number of benzene rings is 1. The minimum Gasteiger partial charge on any atom is -0.349 e. The summed E-state index contributed by atoms with van der Waals surface area (Å²) in [6, 6.07) is 6.72. The van der Waals surface area contributed by atoms with Gasteiger partial charge in [-0.3, -0.25) is 4.79 Å². The summed E-state index contributed by atoms with van der Waals surface area (Å²) < 4.78 is 25.9.